The number of benzene rings is 1. The van der Waals surface area contributed by atoms with Crippen molar-refractivity contribution in [3.63, 3.8) is 0 Å². The van der Waals surface area contributed by atoms with Gasteiger partial charge < -0.3 is 4.90 Å². The zero-order valence-corrected chi connectivity index (χ0v) is 11.7. The molecule has 1 aromatic carbocycles. The molecule has 0 aliphatic carbocycles. The van der Waals surface area contributed by atoms with Crippen LogP contribution in [0.2, 0.25) is 0 Å². The number of rotatable bonds is 1. The summed E-state index contributed by atoms with van der Waals surface area (Å²) in [5, 5.41) is 0. The molecule has 0 spiro atoms. The first-order chi connectivity index (χ1) is 8.29. The normalized spacial score (nSPS) is 16.6. The molecule has 6 heteroatoms. The first kappa shape index (κ1) is 13.6. The Hall–Kier alpha value is -0.790. The Bertz CT molecular complexity index is 481. The molecule has 1 aliphatic rings. The summed E-state index contributed by atoms with van der Waals surface area (Å²) in [5.41, 5.74) is -0.642. The van der Waals surface area contributed by atoms with Crippen molar-refractivity contribution in [2.75, 3.05) is 13.1 Å². The van der Waals surface area contributed by atoms with Gasteiger partial charge in [-0.05, 0) is 46.7 Å². The van der Waals surface area contributed by atoms with Crippen LogP contribution < -0.4 is 0 Å². The molecule has 0 aromatic heterocycles. The lowest BCUT2D eigenvalue weighted by Gasteiger charge is -2.37. The van der Waals surface area contributed by atoms with Crippen LogP contribution in [-0.2, 0) is 6.18 Å². The summed E-state index contributed by atoms with van der Waals surface area (Å²) in [6.45, 7) is 3.23. The fourth-order valence-corrected chi connectivity index (χ4v) is 2.56. The molecule has 98 valence electrons. The summed E-state index contributed by atoms with van der Waals surface area (Å²) in [6, 6.07) is 3.72. The highest BCUT2D eigenvalue weighted by atomic mass is 127. The molecule has 1 saturated heterocycles. The lowest BCUT2D eigenvalue weighted by atomic mass is 10.0. The van der Waals surface area contributed by atoms with Gasteiger partial charge in [-0.2, -0.15) is 13.2 Å². The average molecular weight is 369 g/mol. The van der Waals surface area contributed by atoms with Crippen LogP contribution in [0.4, 0.5) is 13.2 Å². The third-order valence-corrected chi connectivity index (χ3v) is 3.81. The SMILES string of the molecule is CC1CN(C(=O)c2ccc(I)c(C(F)(F)F)c2)C1. The minimum atomic E-state index is -4.42. The fourth-order valence-electron chi connectivity index (χ4n) is 1.92. The molecule has 0 unspecified atom stereocenters. The molecule has 1 aliphatic heterocycles. The number of halogens is 4. The van der Waals surface area contributed by atoms with E-state index in [1.54, 1.807) is 27.5 Å². The highest BCUT2D eigenvalue weighted by Gasteiger charge is 2.35. The van der Waals surface area contributed by atoms with Crippen molar-refractivity contribution >= 4 is 28.5 Å². The summed E-state index contributed by atoms with van der Waals surface area (Å²) in [6.07, 6.45) is -4.42. The molecular formula is C12H11F3INO. The average Bonchev–Trinajstić information content (AvgIpc) is 2.23. The van der Waals surface area contributed by atoms with Crippen molar-refractivity contribution in [3.05, 3.63) is 32.9 Å². The van der Waals surface area contributed by atoms with Gasteiger partial charge in [0.25, 0.3) is 5.91 Å². The second kappa shape index (κ2) is 4.71. The second-order valence-electron chi connectivity index (χ2n) is 4.51. The van der Waals surface area contributed by atoms with Crippen LogP contribution in [0.1, 0.15) is 22.8 Å². The largest absolute Gasteiger partial charge is 0.417 e. The van der Waals surface area contributed by atoms with E-state index in [2.05, 4.69) is 0 Å². The van der Waals surface area contributed by atoms with Crippen LogP contribution in [0.3, 0.4) is 0 Å². The predicted octanol–water partition coefficient (Wildman–Crippen LogP) is 3.40. The number of amides is 1. The lowest BCUT2D eigenvalue weighted by Crippen LogP contribution is -2.48. The molecule has 2 nitrogen and oxygen atoms in total. The van der Waals surface area contributed by atoms with E-state index in [0.29, 0.717) is 19.0 Å². The van der Waals surface area contributed by atoms with E-state index in [1.807, 2.05) is 6.92 Å². The van der Waals surface area contributed by atoms with E-state index in [1.165, 1.54) is 12.1 Å². The molecule has 1 heterocycles. The van der Waals surface area contributed by atoms with Crippen LogP contribution in [0.25, 0.3) is 0 Å². The van der Waals surface area contributed by atoms with Gasteiger partial charge in [-0.15, -0.1) is 0 Å². The second-order valence-corrected chi connectivity index (χ2v) is 5.67. The molecule has 0 radical (unpaired) electrons. The van der Waals surface area contributed by atoms with Crippen LogP contribution >= 0.6 is 22.6 Å². The van der Waals surface area contributed by atoms with E-state index in [9.17, 15) is 18.0 Å². The summed E-state index contributed by atoms with van der Waals surface area (Å²) < 4.78 is 38.3. The molecule has 1 fully saturated rings. The molecule has 0 N–H and O–H groups in total. The van der Waals surface area contributed by atoms with Gasteiger partial charge in [0.05, 0.1) is 5.56 Å². The molecule has 1 amide bonds. The lowest BCUT2D eigenvalue weighted by molar-refractivity contribution is -0.138. The molecule has 1 aromatic rings. The maximum atomic E-state index is 12.7. The van der Waals surface area contributed by atoms with E-state index in [4.69, 9.17) is 0 Å². The molecule has 0 bridgehead atoms. The standard InChI is InChI=1S/C12H11F3INO/c1-7-5-17(6-7)11(18)8-2-3-10(16)9(4-8)12(13,14)15/h2-4,7H,5-6H2,1H3. The fraction of sp³-hybridized carbons (Fsp3) is 0.417. The van der Waals surface area contributed by atoms with Crippen LogP contribution in [0, 0.1) is 9.49 Å². The summed E-state index contributed by atoms with van der Waals surface area (Å²) >= 11 is 1.62. The number of alkyl halides is 3. The predicted molar refractivity (Wildman–Crippen MR) is 69.2 cm³/mol. The van der Waals surface area contributed by atoms with E-state index in [-0.39, 0.29) is 15.0 Å². The molecule has 0 saturated carbocycles. The first-order valence-corrected chi connectivity index (χ1v) is 6.53. The summed E-state index contributed by atoms with van der Waals surface area (Å²) in [7, 11) is 0. The van der Waals surface area contributed by atoms with Gasteiger partial charge in [-0.25, -0.2) is 0 Å². The number of hydrogen-bond donors (Lipinski definition) is 0. The van der Waals surface area contributed by atoms with Gasteiger partial charge in [-0.1, -0.05) is 6.92 Å². The Morgan fingerprint density at radius 3 is 2.50 bits per heavy atom. The number of carbonyl (C=O) groups is 1. The van der Waals surface area contributed by atoms with Crippen LogP contribution in [0.15, 0.2) is 18.2 Å². The maximum absolute atomic E-state index is 12.7. The van der Waals surface area contributed by atoms with Crippen LogP contribution in [0.5, 0.6) is 0 Å². The van der Waals surface area contributed by atoms with Crippen molar-refractivity contribution in [3.8, 4) is 0 Å². The number of likely N-dealkylation sites (tertiary alicyclic amines) is 1. The van der Waals surface area contributed by atoms with Gasteiger partial charge in [0, 0.05) is 22.2 Å². The Morgan fingerprint density at radius 2 is 2.00 bits per heavy atom. The zero-order valence-electron chi connectivity index (χ0n) is 9.59. The minimum Gasteiger partial charge on any atom is -0.338 e. The van der Waals surface area contributed by atoms with E-state index in [0.717, 1.165) is 6.07 Å². The monoisotopic (exact) mass is 369 g/mol. The van der Waals surface area contributed by atoms with Crippen LogP contribution in [-0.4, -0.2) is 23.9 Å². The van der Waals surface area contributed by atoms with Gasteiger partial charge in [-0.3, -0.25) is 4.79 Å². The highest BCUT2D eigenvalue weighted by Crippen LogP contribution is 2.33. The van der Waals surface area contributed by atoms with Gasteiger partial charge in [0.15, 0.2) is 0 Å². The minimum absolute atomic E-state index is 0.105. The Morgan fingerprint density at radius 1 is 1.39 bits per heavy atom. The molecular weight excluding hydrogens is 358 g/mol. The maximum Gasteiger partial charge on any atom is 0.417 e. The van der Waals surface area contributed by atoms with Crippen molar-refractivity contribution in [1.82, 2.24) is 4.90 Å². The zero-order chi connectivity index (χ0) is 13.5. The molecule has 0 atom stereocenters. The highest BCUT2D eigenvalue weighted by molar-refractivity contribution is 14.1. The van der Waals surface area contributed by atoms with Gasteiger partial charge in [0.2, 0.25) is 0 Å². The third kappa shape index (κ3) is 2.62. The van der Waals surface area contributed by atoms with Gasteiger partial charge in [0.1, 0.15) is 0 Å². The van der Waals surface area contributed by atoms with E-state index >= 15 is 0 Å². The smallest absolute Gasteiger partial charge is 0.338 e. The molecule has 2 rings (SSSR count). The van der Waals surface area contributed by atoms with Crippen molar-refractivity contribution in [2.24, 2.45) is 5.92 Å². The summed E-state index contributed by atoms with van der Waals surface area (Å²) in [4.78, 5) is 13.5. The topological polar surface area (TPSA) is 20.3 Å². The quantitative estimate of drug-likeness (QED) is 0.695. The summed E-state index contributed by atoms with van der Waals surface area (Å²) in [5.74, 6) is 0.106. The van der Waals surface area contributed by atoms with E-state index < -0.39 is 11.7 Å². The van der Waals surface area contributed by atoms with Crippen molar-refractivity contribution in [1.29, 1.82) is 0 Å². The number of hydrogen-bond acceptors (Lipinski definition) is 1. The third-order valence-electron chi connectivity index (χ3n) is 2.87. The Kier molecular flexibility index (Phi) is 3.57. The number of carbonyl (C=O) groups excluding carboxylic acids is 1. The Labute approximate surface area is 116 Å². The molecule has 18 heavy (non-hydrogen) atoms. The van der Waals surface area contributed by atoms with Crippen molar-refractivity contribution < 1.29 is 18.0 Å². The van der Waals surface area contributed by atoms with Crippen molar-refractivity contribution in [2.45, 2.75) is 13.1 Å². The first-order valence-electron chi connectivity index (χ1n) is 5.45. The van der Waals surface area contributed by atoms with Gasteiger partial charge >= 0.3 is 6.18 Å². The number of nitrogens with zero attached hydrogens (tertiary/aromatic N) is 1. The Balaban J connectivity index is 2.27.